The van der Waals surface area contributed by atoms with Crippen LogP contribution in [0.4, 0.5) is 11.8 Å². The van der Waals surface area contributed by atoms with Crippen molar-refractivity contribution in [1.29, 1.82) is 0 Å². The lowest BCUT2D eigenvalue weighted by molar-refractivity contribution is 1.24. The van der Waals surface area contributed by atoms with Crippen molar-refractivity contribution in [2.45, 2.75) is 0 Å². The monoisotopic (exact) mass is 211 g/mol. The summed E-state index contributed by atoms with van der Waals surface area (Å²) in [5.74, 6) is 1.40. The minimum Gasteiger partial charge on any atom is -0.322 e. The van der Waals surface area contributed by atoms with E-state index >= 15 is 0 Å². The van der Waals surface area contributed by atoms with Crippen LogP contribution in [-0.4, -0.2) is 19.9 Å². The van der Waals surface area contributed by atoms with Crippen molar-refractivity contribution in [2.24, 2.45) is 0 Å². The number of imidazole rings is 1. The van der Waals surface area contributed by atoms with E-state index in [2.05, 4.69) is 25.3 Å². The maximum Gasteiger partial charge on any atom is 0.208 e. The number of hydrogen-bond acceptors (Lipinski definition) is 4. The van der Waals surface area contributed by atoms with Gasteiger partial charge in [-0.15, -0.1) is 0 Å². The van der Waals surface area contributed by atoms with Gasteiger partial charge in [0, 0.05) is 12.4 Å². The number of pyridine rings is 2. The van der Waals surface area contributed by atoms with E-state index in [-0.39, 0.29) is 0 Å². The van der Waals surface area contributed by atoms with Crippen LogP contribution in [0.1, 0.15) is 0 Å². The third kappa shape index (κ3) is 1.58. The van der Waals surface area contributed by atoms with Gasteiger partial charge in [-0.05, 0) is 24.3 Å². The first-order chi connectivity index (χ1) is 7.92. The van der Waals surface area contributed by atoms with Gasteiger partial charge < -0.3 is 10.3 Å². The zero-order valence-corrected chi connectivity index (χ0v) is 8.38. The molecule has 0 bridgehead atoms. The molecule has 0 aliphatic heterocycles. The third-order valence-electron chi connectivity index (χ3n) is 2.17. The van der Waals surface area contributed by atoms with Crippen molar-refractivity contribution >= 4 is 22.9 Å². The Bertz CT molecular complexity index is 569. The Kier molecular flexibility index (Phi) is 2.00. The van der Waals surface area contributed by atoms with Crippen LogP contribution in [0.3, 0.4) is 0 Å². The van der Waals surface area contributed by atoms with Gasteiger partial charge in [-0.3, -0.25) is 0 Å². The number of nitrogens with zero attached hydrogens (tertiary/aromatic N) is 3. The molecule has 3 rings (SSSR count). The van der Waals surface area contributed by atoms with E-state index in [0.29, 0.717) is 11.6 Å². The molecule has 3 aromatic rings. The molecule has 0 radical (unpaired) electrons. The molecule has 16 heavy (non-hydrogen) atoms. The highest BCUT2D eigenvalue weighted by Crippen LogP contribution is 2.14. The normalized spacial score (nSPS) is 10.5. The molecule has 0 aliphatic rings. The fourth-order valence-electron chi connectivity index (χ4n) is 1.46. The van der Waals surface area contributed by atoms with E-state index in [4.69, 9.17) is 0 Å². The van der Waals surface area contributed by atoms with Crippen molar-refractivity contribution in [2.75, 3.05) is 5.32 Å². The predicted molar refractivity (Wildman–Crippen MR) is 61.4 cm³/mol. The number of fused-ring (bicyclic) bond motifs is 1. The average molecular weight is 211 g/mol. The van der Waals surface area contributed by atoms with E-state index in [0.717, 1.165) is 11.3 Å². The Hall–Kier alpha value is -2.43. The van der Waals surface area contributed by atoms with Crippen LogP contribution in [0.2, 0.25) is 0 Å². The molecule has 0 saturated heterocycles. The summed E-state index contributed by atoms with van der Waals surface area (Å²) >= 11 is 0. The van der Waals surface area contributed by atoms with Gasteiger partial charge in [-0.25, -0.2) is 9.97 Å². The predicted octanol–water partition coefficient (Wildman–Crippen LogP) is 2.10. The van der Waals surface area contributed by atoms with Crippen LogP contribution in [0.15, 0.2) is 42.7 Å². The second-order valence-electron chi connectivity index (χ2n) is 3.30. The molecular weight excluding hydrogens is 202 g/mol. The number of rotatable bonds is 2. The van der Waals surface area contributed by atoms with Gasteiger partial charge in [-0.1, -0.05) is 6.07 Å². The smallest absolute Gasteiger partial charge is 0.208 e. The van der Waals surface area contributed by atoms with E-state index < -0.39 is 0 Å². The molecule has 0 amide bonds. The second-order valence-corrected chi connectivity index (χ2v) is 3.30. The summed E-state index contributed by atoms with van der Waals surface area (Å²) in [4.78, 5) is 15.7. The van der Waals surface area contributed by atoms with Gasteiger partial charge in [0.1, 0.15) is 5.82 Å². The summed E-state index contributed by atoms with van der Waals surface area (Å²) in [5, 5.41) is 3.08. The maximum atomic E-state index is 4.29. The van der Waals surface area contributed by atoms with Gasteiger partial charge in [0.15, 0.2) is 5.65 Å². The maximum absolute atomic E-state index is 4.29. The first kappa shape index (κ1) is 8.84. The Morgan fingerprint density at radius 2 is 1.94 bits per heavy atom. The lowest BCUT2D eigenvalue weighted by atomic mass is 10.4. The summed E-state index contributed by atoms with van der Waals surface area (Å²) in [5.41, 5.74) is 1.60. The quantitative estimate of drug-likeness (QED) is 0.681. The van der Waals surface area contributed by atoms with Crippen LogP contribution < -0.4 is 5.32 Å². The Balaban J connectivity index is 1.95. The van der Waals surface area contributed by atoms with Crippen LogP contribution in [0, 0.1) is 0 Å². The molecule has 0 atom stereocenters. The zero-order chi connectivity index (χ0) is 10.8. The second kappa shape index (κ2) is 3.62. The molecule has 5 nitrogen and oxygen atoms in total. The lowest BCUT2D eigenvalue weighted by Crippen LogP contribution is -1.93. The minimum atomic E-state index is 0.646. The van der Waals surface area contributed by atoms with Crippen molar-refractivity contribution in [3.63, 3.8) is 0 Å². The molecule has 0 fully saturated rings. The van der Waals surface area contributed by atoms with Crippen molar-refractivity contribution < 1.29 is 0 Å². The SMILES string of the molecule is c1ccc(Nc2nc3ncccc3[nH]2)nc1. The molecule has 0 aromatic carbocycles. The summed E-state index contributed by atoms with van der Waals surface area (Å²) in [6.45, 7) is 0. The van der Waals surface area contributed by atoms with Crippen molar-refractivity contribution in [3.8, 4) is 0 Å². The van der Waals surface area contributed by atoms with Crippen molar-refractivity contribution in [3.05, 3.63) is 42.7 Å². The van der Waals surface area contributed by atoms with Gasteiger partial charge in [0.2, 0.25) is 5.95 Å². The van der Waals surface area contributed by atoms with E-state index in [1.807, 2.05) is 30.3 Å². The standard InChI is InChI=1S/C11H9N5/c1-2-6-12-9(5-1)15-11-14-8-4-3-7-13-10(8)16-11/h1-7H,(H2,12,13,14,15,16). The first-order valence-electron chi connectivity index (χ1n) is 4.90. The van der Waals surface area contributed by atoms with Crippen molar-refractivity contribution in [1.82, 2.24) is 19.9 Å². The minimum absolute atomic E-state index is 0.646. The van der Waals surface area contributed by atoms with Crippen LogP contribution in [-0.2, 0) is 0 Å². The van der Waals surface area contributed by atoms with E-state index in [9.17, 15) is 0 Å². The van der Waals surface area contributed by atoms with Crippen LogP contribution in [0.25, 0.3) is 11.2 Å². The highest BCUT2D eigenvalue weighted by molar-refractivity contribution is 5.73. The van der Waals surface area contributed by atoms with Gasteiger partial charge in [-0.2, -0.15) is 4.98 Å². The molecule has 0 spiro atoms. The van der Waals surface area contributed by atoms with Crippen LogP contribution >= 0.6 is 0 Å². The number of nitrogens with one attached hydrogen (secondary N) is 2. The third-order valence-corrected chi connectivity index (χ3v) is 2.17. The first-order valence-corrected chi connectivity index (χ1v) is 4.90. The number of hydrogen-bond donors (Lipinski definition) is 2. The fraction of sp³-hybridized carbons (Fsp3) is 0. The highest BCUT2D eigenvalue weighted by Gasteiger charge is 2.02. The molecule has 3 heterocycles. The number of H-pyrrole nitrogens is 1. The fourth-order valence-corrected chi connectivity index (χ4v) is 1.46. The molecule has 0 aliphatic carbocycles. The summed E-state index contributed by atoms with van der Waals surface area (Å²) in [6, 6.07) is 9.45. The van der Waals surface area contributed by atoms with Gasteiger partial charge in [0.05, 0.1) is 5.52 Å². The van der Waals surface area contributed by atoms with E-state index in [1.165, 1.54) is 0 Å². The van der Waals surface area contributed by atoms with Gasteiger partial charge in [0.25, 0.3) is 0 Å². The van der Waals surface area contributed by atoms with Gasteiger partial charge >= 0.3 is 0 Å². The molecule has 78 valence electrons. The zero-order valence-electron chi connectivity index (χ0n) is 8.38. The Morgan fingerprint density at radius 1 is 1.00 bits per heavy atom. The largest absolute Gasteiger partial charge is 0.322 e. The number of aromatic nitrogens is 4. The number of aromatic amines is 1. The molecule has 0 unspecified atom stereocenters. The summed E-state index contributed by atoms with van der Waals surface area (Å²) in [7, 11) is 0. The molecule has 2 N–H and O–H groups in total. The Morgan fingerprint density at radius 3 is 2.75 bits per heavy atom. The molecule has 0 saturated carbocycles. The average Bonchev–Trinajstić information content (AvgIpc) is 2.72. The summed E-state index contributed by atoms with van der Waals surface area (Å²) < 4.78 is 0. The van der Waals surface area contributed by atoms with Crippen LogP contribution in [0.5, 0.6) is 0 Å². The topological polar surface area (TPSA) is 66.5 Å². The molecule has 3 aromatic heterocycles. The Labute approximate surface area is 91.6 Å². The molecular formula is C11H9N5. The van der Waals surface area contributed by atoms with E-state index in [1.54, 1.807) is 12.4 Å². The summed E-state index contributed by atoms with van der Waals surface area (Å²) in [6.07, 6.45) is 3.44. The number of anilines is 2. The lowest BCUT2D eigenvalue weighted by Gasteiger charge is -1.99. The highest BCUT2D eigenvalue weighted by atomic mass is 15.2. The molecule has 5 heteroatoms.